The Morgan fingerprint density at radius 1 is 1.45 bits per heavy atom. The van der Waals surface area contributed by atoms with Gasteiger partial charge in [0.15, 0.2) is 0 Å². The molecule has 2 saturated heterocycles. The zero-order chi connectivity index (χ0) is 13.9. The monoisotopic (exact) mass is 350 g/mol. The van der Waals surface area contributed by atoms with E-state index in [1.54, 1.807) is 6.20 Å². The van der Waals surface area contributed by atoms with E-state index in [2.05, 4.69) is 15.3 Å². The number of morpholine rings is 1. The number of imidazole rings is 1. The molecule has 126 valence electrons. The summed E-state index contributed by atoms with van der Waals surface area (Å²) in [5.74, 6) is 1.47. The standard InChI is InChI=1S/C14H22N4O2.2ClH/c1-10-12(15-6-8-20-10)14(19)18-7-2-3-11(9-18)13-16-4-5-17-13;;/h4-5,10-12,15H,2-3,6-9H2,1H3,(H,16,17);2*1H/t10-,11?,12+;;/m1../s1. The second-order valence-electron chi connectivity index (χ2n) is 5.61. The molecule has 8 heteroatoms. The number of amides is 1. The quantitative estimate of drug-likeness (QED) is 0.844. The van der Waals surface area contributed by atoms with Crippen molar-refractivity contribution in [2.75, 3.05) is 26.2 Å². The zero-order valence-corrected chi connectivity index (χ0v) is 14.3. The molecular weight excluding hydrogens is 327 g/mol. The zero-order valence-electron chi connectivity index (χ0n) is 12.7. The Kier molecular flexibility index (Phi) is 7.62. The molecule has 1 aromatic rings. The molecule has 0 spiro atoms. The summed E-state index contributed by atoms with van der Waals surface area (Å²) >= 11 is 0. The number of aromatic amines is 1. The molecule has 0 aliphatic carbocycles. The van der Waals surface area contributed by atoms with Gasteiger partial charge in [0.05, 0.1) is 12.7 Å². The Labute approximate surface area is 143 Å². The molecule has 2 fully saturated rings. The molecule has 2 aliphatic heterocycles. The van der Waals surface area contributed by atoms with Gasteiger partial charge in [-0.25, -0.2) is 4.98 Å². The summed E-state index contributed by atoms with van der Waals surface area (Å²) in [6.07, 6.45) is 5.67. The topological polar surface area (TPSA) is 70.2 Å². The fraction of sp³-hybridized carbons (Fsp3) is 0.714. The first-order valence-corrected chi connectivity index (χ1v) is 7.39. The molecule has 0 aromatic carbocycles. The van der Waals surface area contributed by atoms with E-state index in [4.69, 9.17) is 4.74 Å². The molecule has 22 heavy (non-hydrogen) atoms. The number of H-pyrrole nitrogens is 1. The fourth-order valence-electron chi connectivity index (χ4n) is 3.11. The Balaban J connectivity index is 0.00000121. The molecule has 6 nitrogen and oxygen atoms in total. The molecular formula is C14H24Cl2N4O2. The van der Waals surface area contributed by atoms with Crippen LogP contribution in [0.5, 0.6) is 0 Å². The first-order chi connectivity index (χ1) is 9.75. The summed E-state index contributed by atoms with van der Waals surface area (Å²) in [7, 11) is 0. The minimum Gasteiger partial charge on any atom is -0.375 e. The van der Waals surface area contributed by atoms with Crippen molar-refractivity contribution in [1.82, 2.24) is 20.2 Å². The van der Waals surface area contributed by atoms with Gasteiger partial charge in [0.1, 0.15) is 11.9 Å². The number of hydrogen-bond acceptors (Lipinski definition) is 4. The van der Waals surface area contributed by atoms with Gasteiger partial charge in [-0.1, -0.05) is 0 Å². The van der Waals surface area contributed by atoms with Gasteiger partial charge in [-0.05, 0) is 19.8 Å². The van der Waals surface area contributed by atoms with E-state index in [-0.39, 0.29) is 42.9 Å². The number of piperidine rings is 1. The van der Waals surface area contributed by atoms with E-state index in [0.29, 0.717) is 12.5 Å². The maximum Gasteiger partial charge on any atom is 0.242 e. The average Bonchev–Trinajstić information content (AvgIpc) is 3.01. The van der Waals surface area contributed by atoms with Gasteiger partial charge in [-0.15, -0.1) is 24.8 Å². The highest BCUT2D eigenvalue weighted by molar-refractivity contribution is 5.85. The van der Waals surface area contributed by atoms with Gasteiger partial charge in [0, 0.05) is 37.9 Å². The van der Waals surface area contributed by atoms with Crippen molar-refractivity contribution in [3.8, 4) is 0 Å². The second-order valence-corrected chi connectivity index (χ2v) is 5.61. The maximum absolute atomic E-state index is 12.6. The number of hydrogen-bond donors (Lipinski definition) is 2. The third kappa shape index (κ3) is 4.13. The van der Waals surface area contributed by atoms with Crippen LogP contribution in [0.3, 0.4) is 0 Å². The largest absolute Gasteiger partial charge is 0.375 e. The average molecular weight is 351 g/mol. The number of carbonyl (C=O) groups excluding carboxylic acids is 1. The predicted octanol–water partition coefficient (Wildman–Crippen LogP) is 1.34. The van der Waals surface area contributed by atoms with Crippen molar-refractivity contribution < 1.29 is 9.53 Å². The van der Waals surface area contributed by atoms with Crippen LogP contribution in [-0.2, 0) is 9.53 Å². The summed E-state index contributed by atoms with van der Waals surface area (Å²) in [6, 6.07) is -0.209. The predicted molar refractivity (Wildman–Crippen MR) is 88.8 cm³/mol. The van der Waals surface area contributed by atoms with Crippen LogP contribution in [0, 0.1) is 0 Å². The van der Waals surface area contributed by atoms with Crippen molar-refractivity contribution in [3.63, 3.8) is 0 Å². The SMILES string of the molecule is C[C@H]1OCCN[C@@H]1C(=O)N1CCCC(c2ncc[nH]2)C1.Cl.Cl. The Morgan fingerprint density at radius 3 is 2.95 bits per heavy atom. The molecule has 2 N–H and O–H groups in total. The van der Waals surface area contributed by atoms with E-state index < -0.39 is 0 Å². The lowest BCUT2D eigenvalue weighted by Gasteiger charge is -2.37. The third-order valence-electron chi connectivity index (χ3n) is 4.22. The van der Waals surface area contributed by atoms with E-state index in [1.165, 1.54) is 0 Å². The molecule has 0 radical (unpaired) electrons. The number of rotatable bonds is 2. The van der Waals surface area contributed by atoms with Crippen LogP contribution in [-0.4, -0.2) is 59.2 Å². The van der Waals surface area contributed by atoms with Gasteiger partial charge in [-0.3, -0.25) is 4.79 Å². The molecule has 2 aliphatic rings. The molecule has 3 rings (SSSR count). The number of ether oxygens (including phenoxy) is 1. The van der Waals surface area contributed by atoms with Gasteiger partial charge in [-0.2, -0.15) is 0 Å². The first kappa shape index (κ1) is 19.2. The molecule has 1 aromatic heterocycles. The van der Waals surface area contributed by atoms with Crippen molar-refractivity contribution in [2.24, 2.45) is 0 Å². The number of nitrogens with one attached hydrogen (secondary N) is 2. The van der Waals surface area contributed by atoms with Crippen LogP contribution >= 0.6 is 24.8 Å². The van der Waals surface area contributed by atoms with Gasteiger partial charge >= 0.3 is 0 Å². The molecule has 0 bridgehead atoms. The second kappa shape index (κ2) is 8.72. The van der Waals surface area contributed by atoms with E-state index in [9.17, 15) is 4.79 Å². The maximum atomic E-state index is 12.6. The van der Waals surface area contributed by atoms with Gasteiger partial charge < -0.3 is 19.9 Å². The summed E-state index contributed by atoms with van der Waals surface area (Å²) in [5.41, 5.74) is 0. The highest BCUT2D eigenvalue weighted by Crippen LogP contribution is 2.25. The third-order valence-corrected chi connectivity index (χ3v) is 4.22. The van der Waals surface area contributed by atoms with Gasteiger partial charge in [0.25, 0.3) is 0 Å². The van der Waals surface area contributed by atoms with Gasteiger partial charge in [0.2, 0.25) is 5.91 Å². The molecule has 1 amide bonds. The highest BCUT2D eigenvalue weighted by Gasteiger charge is 2.34. The van der Waals surface area contributed by atoms with Crippen LogP contribution < -0.4 is 5.32 Å². The summed E-state index contributed by atoms with van der Waals surface area (Å²) in [5, 5.41) is 3.28. The molecule has 0 saturated carbocycles. The lowest BCUT2D eigenvalue weighted by atomic mass is 9.96. The smallest absolute Gasteiger partial charge is 0.242 e. The van der Waals surface area contributed by atoms with Crippen LogP contribution in [0.1, 0.15) is 31.5 Å². The minimum absolute atomic E-state index is 0. The van der Waals surface area contributed by atoms with Crippen LogP contribution in [0.25, 0.3) is 0 Å². The number of nitrogens with zero attached hydrogens (tertiary/aromatic N) is 2. The van der Waals surface area contributed by atoms with Crippen molar-refractivity contribution in [3.05, 3.63) is 18.2 Å². The number of likely N-dealkylation sites (tertiary alicyclic amines) is 1. The molecule has 3 heterocycles. The van der Waals surface area contributed by atoms with E-state index in [0.717, 1.165) is 38.3 Å². The lowest BCUT2D eigenvalue weighted by molar-refractivity contribution is -0.140. The summed E-state index contributed by atoms with van der Waals surface area (Å²) < 4.78 is 5.57. The Bertz CT molecular complexity index is 458. The van der Waals surface area contributed by atoms with Crippen molar-refractivity contribution >= 4 is 30.7 Å². The van der Waals surface area contributed by atoms with Crippen molar-refractivity contribution in [2.45, 2.75) is 37.8 Å². The Hall–Kier alpha value is -0.820. The number of carbonyl (C=O) groups is 1. The summed E-state index contributed by atoms with van der Waals surface area (Å²) in [6.45, 7) is 4.97. The van der Waals surface area contributed by atoms with Crippen LogP contribution in [0.15, 0.2) is 12.4 Å². The van der Waals surface area contributed by atoms with Crippen molar-refractivity contribution in [1.29, 1.82) is 0 Å². The number of aromatic nitrogens is 2. The number of halogens is 2. The highest BCUT2D eigenvalue weighted by atomic mass is 35.5. The van der Waals surface area contributed by atoms with Crippen LogP contribution in [0.2, 0.25) is 0 Å². The molecule has 1 unspecified atom stereocenters. The molecule has 3 atom stereocenters. The fourth-order valence-corrected chi connectivity index (χ4v) is 3.11. The van der Waals surface area contributed by atoms with Crippen LogP contribution in [0.4, 0.5) is 0 Å². The Morgan fingerprint density at radius 2 is 2.27 bits per heavy atom. The minimum atomic E-state index is -0.209. The van der Waals surface area contributed by atoms with E-state index in [1.807, 2.05) is 18.0 Å². The summed E-state index contributed by atoms with van der Waals surface area (Å²) in [4.78, 5) is 22.1. The normalized spacial score (nSPS) is 28.4. The van der Waals surface area contributed by atoms with E-state index >= 15 is 0 Å². The first-order valence-electron chi connectivity index (χ1n) is 7.39. The lowest BCUT2D eigenvalue weighted by Crippen LogP contribution is -2.57.